The summed E-state index contributed by atoms with van der Waals surface area (Å²) in [5.41, 5.74) is 2.24. The Labute approximate surface area is 84.5 Å². The number of benzene rings is 1. The van der Waals surface area contributed by atoms with E-state index >= 15 is 0 Å². The Morgan fingerprint density at radius 1 is 1.38 bits per heavy atom. The number of nitrogens with zero attached hydrogens (tertiary/aromatic N) is 3. The van der Waals surface area contributed by atoms with Gasteiger partial charge in [-0.3, -0.25) is 0 Å². The Balaban J connectivity index is 2.46. The second-order valence-corrected chi connectivity index (χ2v) is 3.51. The monoisotopic (exact) mass is 237 g/mol. The number of halogens is 1. The molecule has 2 rings (SSSR count). The van der Waals surface area contributed by atoms with Gasteiger partial charge in [0, 0.05) is 0 Å². The third-order valence-corrected chi connectivity index (χ3v) is 2.09. The van der Waals surface area contributed by atoms with Crippen LogP contribution in [-0.2, 0) is 0 Å². The normalized spacial score (nSPS) is 10.3. The highest BCUT2D eigenvalue weighted by Crippen LogP contribution is 2.09. The van der Waals surface area contributed by atoms with Crippen LogP contribution in [0, 0.1) is 6.92 Å². The van der Waals surface area contributed by atoms with Crippen LogP contribution in [-0.4, -0.2) is 14.8 Å². The Hall–Kier alpha value is -1.16. The highest BCUT2D eigenvalue weighted by Gasteiger charge is 1.98. The minimum absolute atomic E-state index is 0.606. The van der Waals surface area contributed by atoms with E-state index in [1.54, 1.807) is 11.0 Å². The van der Waals surface area contributed by atoms with E-state index in [-0.39, 0.29) is 0 Å². The summed E-state index contributed by atoms with van der Waals surface area (Å²) in [6.07, 6.45) is 1.68. The van der Waals surface area contributed by atoms with Crippen LogP contribution in [0.1, 0.15) is 5.56 Å². The molecule has 0 atom stereocenters. The first-order valence-electron chi connectivity index (χ1n) is 3.90. The van der Waals surface area contributed by atoms with Crippen LogP contribution in [0.2, 0.25) is 0 Å². The molecule has 2 aromatic rings. The SMILES string of the molecule is Cc1cccc(-n2cnc(Br)n2)c1. The molecule has 0 saturated heterocycles. The fourth-order valence-corrected chi connectivity index (χ4v) is 1.40. The van der Waals surface area contributed by atoms with E-state index < -0.39 is 0 Å². The molecule has 3 nitrogen and oxygen atoms in total. The van der Waals surface area contributed by atoms with Crippen LogP contribution < -0.4 is 0 Å². The standard InChI is InChI=1S/C9H8BrN3/c1-7-3-2-4-8(5-7)13-6-11-9(10)12-13/h2-6H,1H3. The summed E-state index contributed by atoms with van der Waals surface area (Å²) < 4.78 is 2.34. The van der Waals surface area contributed by atoms with Crippen molar-refractivity contribution < 1.29 is 0 Å². The van der Waals surface area contributed by atoms with E-state index in [1.165, 1.54) is 5.56 Å². The number of rotatable bonds is 1. The van der Waals surface area contributed by atoms with Crippen LogP contribution in [0.3, 0.4) is 0 Å². The van der Waals surface area contributed by atoms with Crippen LogP contribution in [0.25, 0.3) is 5.69 Å². The molecule has 0 bridgehead atoms. The molecular weight excluding hydrogens is 230 g/mol. The van der Waals surface area contributed by atoms with Crippen LogP contribution >= 0.6 is 15.9 Å². The molecule has 0 amide bonds. The molecule has 0 aliphatic heterocycles. The lowest BCUT2D eigenvalue weighted by Crippen LogP contribution is -1.94. The molecule has 1 aromatic carbocycles. The van der Waals surface area contributed by atoms with Crippen molar-refractivity contribution in [3.63, 3.8) is 0 Å². The van der Waals surface area contributed by atoms with Crippen LogP contribution in [0.5, 0.6) is 0 Å². The number of aryl methyl sites for hydroxylation is 1. The molecule has 0 N–H and O–H groups in total. The molecule has 4 heteroatoms. The highest BCUT2D eigenvalue weighted by atomic mass is 79.9. The van der Waals surface area contributed by atoms with Crippen molar-refractivity contribution >= 4 is 15.9 Å². The summed E-state index contributed by atoms with van der Waals surface area (Å²) in [6.45, 7) is 2.05. The molecule has 0 saturated carbocycles. The molecule has 0 fully saturated rings. The Morgan fingerprint density at radius 2 is 2.23 bits per heavy atom. The molecular formula is C9H8BrN3. The summed E-state index contributed by atoms with van der Waals surface area (Å²) in [6, 6.07) is 8.10. The van der Waals surface area contributed by atoms with E-state index in [4.69, 9.17) is 0 Å². The zero-order valence-electron chi connectivity index (χ0n) is 7.11. The van der Waals surface area contributed by atoms with Gasteiger partial charge in [-0.05, 0) is 40.5 Å². The zero-order valence-corrected chi connectivity index (χ0v) is 8.69. The first-order chi connectivity index (χ1) is 6.25. The van der Waals surface area contributed by atoms with Crippen molar-refractivity contribution in [3.8, 4) is 5.69 Å². The lowest BCUT2D eigenvalue weighted by molar-refractivity contribution is 0.869. The van der Waals surface area contributed by atoms with Crippen molar-refractivity contribution in [1.29, 1.82) is 0 Å². The summed E-state index contributed by atoms with van der Waals surface area (Å²) >= 11 is 3.20. The van der Waals surface area contributed by atoms with Crippen molar-refractivity contribution in [2.75, 3.05) is 0 Å². The maximum Gasteiger partial charge on any atom is 0.217 e. The van der Waals surface area contributed by atoms with E-state index in [2.05, 4.69) is 45.1 Å². The fraction of sp³-hybridized carbons (Fsp3) is 0.111. The Kier molecular flexibility index (Phi) is 2.14. The van der Waals surface area contributed by atoms with Gasteiger partial charge in [-0.1, -0.05) is 12.1 Å². The molecule has 1 heterocycles. The first-order valence-corrected chi connectivity index (χ1v) is 4.69. The van der Waals surface area contributed by atoms with Crippen LogP contribution in [0.4, 0.5) is 0 Å². The lowest BCUT2D eigenvalue weighted by atomic mass is 10.2. The maximum atomic E-state index is 4.14. The minimum Gasteiger partial charge on any atom is -0.220 e. The summed E-state index contributed by atoms with van der Waals surface area (Å²) in [5, 5.41) is 4.14. The van der Waals surface area contributed by atoms with Gasteiger partial charge in [0.15, 0.2) is 0 Å². The third kappa shape index (κ3) is 1.78. The largest absolute Gasteiger partial charge is 0.220 e. The summed E-state index contributed by atoms with van der Waals surface area (Å²) in [7, 11) is 0. The van der Waals surface area contributed by atoms with Crippen molar-refractivity contribution in [3.05, 3.63) is 40.9 Å². The van der Waals surface area contributed by atoms with Gasteiger partial charge in [-0.25, -0.2) is 9.67 Å². The predicted molar refractivity (Wildman–Crippen MR) is 53.8 cm³/mol. The Bertz CT molecular complexity index is 422. The smallest absolute Gasteiger partial charge is 0.217 e. The van der Waals surface area contributed by atoms with Gasteiger partial charge in [0.25, 0.3) is 0 Å². The summed E-state index contributed by atoms with van der Waals surface area (Å²) in [4.78, 5) is 3.99. The Morgan fingerprint density at radius 3 is 2.85 bits per heavy atom. The van der Waals surface area contributed by atoms with Crippen molar-refractivity contribution in [2.45, 2.75) is 6.92 Å². The van der Waals surface area contributed by atoms with E-state index in [0.717, 1.165) is 5.69 Å². The highest BCUT2D eigenvalue weighted by molar-refractivity contribution is 9.10. The minimum atomic E-state index is 0.606. The van der Waals surface area contributed by atoms with Gasteiger partial charge < -0.3 is 0 Å². The zero-order chi connectivity index (χ0) is 9.26. The maximum absolute atomic E-state index is 4.14. The molecule has 0 spiro atoms. The van der Waals surface area contributed by atoms with Gasteiger partial charge in [-0.15, -0.1) is 5.10 Å². The number of aromatic nitrogens is 3. The third-order valence-electron chi connectivity index (χ3n) is 1.73. The second-order valence-electron chi connectivity index (χ2n) is 2.80. The van der Waals surface area contributed by atoms with Gasteiger partial charge in [0.05, 0.1) is 5.69 Å². The van der Waals surface area contributed by atoms with Crippen LogP contribution in [0.15, 0.2) is 35.3 Å². The number of hydrogen-bond acceptors (Lipinski definition) is 2. The van der Waals surface area contributed by atoms with Crippen molar-refractivity contribution in [1.82, 2.24) is 14.8 Å². The average Bonchev–Trinajstić information content (AvgIpc) is 2.52. The second kappa shape index (κ2) is 3.30. The number of hydrogen-bond donors (Lipinski definition) is 0. The quantitative estimate of drug-likeness (QED) is 0.763. The molecule has 66 valence electrons. The van der Waals surface area contributed by atoms with Gasteiger partial charge in [0.2, 0.25) is 4.73 Å². The summed E-state index contributed by atoms with van der Waals surface area (Å²) in [5.74, 6) is 0. The van der Waals surface area contributed by atoms with Gasteiger partial charge >= 0.3 is 0 Å². The molecule has 0 aliphatic carbocycles. The molecule has 0 aliphatic rings. The molecule has 0 radical (unpaired) electrons. The van der Waals surface area contributed by atoms with E-state index in [0.29, 0.717) is 4.73 Å². The lowest BCUT2D eigenvalue weighted by Gasteiger charge is -1.99. The molecule has 0 unspecified atom stereocenters. The van der Waals surface area contributed by atoms with Crippen molar-refractivity contribution in [2.24, 2.45) is 0 Å². The van der Waals surface area contributed by atoms with E-state index in [9.17, 15) is 0 Å². The topological polar surface area (TPSA) is 30.7 Å². The predicted octanol–water partition coefficient (Wildman–Crippen LogP) is 2.34. The first kappa shape index (κ1) is 8.44. The molecule has 13 heavy (non-hydrogen) atoms. The van der Waals surface area contributed by atoms with Gasteiger partial charge in [0.1, 0.15) is 6.33 Å². The average molecular weight is 238 g/mol. The fourth-order valence-electron chi connectivity index (χ4n) is 1.14. The van der Waals surface area contributed by atoms with E-state index in [1.807, 2.05) is 12.1 Å². The molecule has 1 aromatic heterocycles. The van der Waals surface area contributed by atoms with Gasteiger partial charge in [-0.2, -0.15) is 0 Å².